The van der Waals surface area contributed by atoms with Gasteiger partial charge in [-0.25, -0.2) is 4.39 Å². The van der Waals surface area contributed by atoms with Crippen LogP contribution in [0.2, 0.25) is 0 Å². The van der Waals surface area contributed by atoms with Gasteiger partial charge in [-0.05, 0) is 58.2 Å². The van der Waals surface area contributed by atoms with Gasteiger partial charge in [0.15, 0.2) is 5.78 Å². The van der Waals surface area contributed by atoms with Gasteiger partial charge in [0, 0.05) is 12.1 Å². The van der Waals surface area contributed by atoms with Crippen molar-refractivity contribution in [3.05, 3.63) is 68.9 Å². The van der Waals surface area contributed by atoms with Gasteiger partial charge in [0.2, 0.25) is 0 Å². The first-order valence-electron chi connectivity index (χ1n) is 6.48. The van der Waals surface area contributed by atoms with Crippen LogP contribution in [0.3, 0.4) is 0 Å². The van der Waals surface area contributed by atoms with Gasteiger partial charge in [0.25, 0.3) is 0 Å². The minimum Gasteiger partial charge on any atom is -0.312 e. The normalized spacial score (nSPS) is 13.9. The monoisotopic (exact) mass is 333 g/mol. The number of ketones is 1. The van der Waals surface area contributed by atoms with Crippen LogP contribution < -0.4 is 5.32 Å². The third-order valence-corrected chi connectivity index (χ3v) is 4.16. The van der Waals surface area contributed by atoms with Crippen LogP contribution in [0.5, 0.6) is 0 Å². The van der Waals surface area contributed by atoms with Gasteiger partial charge in [-0.3, -0.25) is 4.79 Å². The van der Waals surface area contributed by atoms with E-state index in [1.54, 1.807) is 18.2 Å². The van der Waals surface area contributed by atoms with Crippen molar-refractivity contribution in [3.8, 4) is 0 Å². The first-order valence-corrected chi connectivity index (χ1v) is 7.27. The standard InChI is InChI=1S/C16H13BrFNO/c17-14-3-1-2-13(15(14)18)16(20)11-5-4-10-6-7-19-9-12(10)8-11/h1-5,8,19H,6-7,9H2. The molecule has 0 atom stereocenters. The predicted molar refractivity (Wildman–Crippen MR) is 79.4 cm³/mol. The molecule has 3 rings (SSSR count). The van der Waals surface area contributed by atoms with E-state index in [0.29, 0.717) is 10.0 Å². The Bertz CT molecular complexity index is 684. The van der Waals surface area contributed by atoms with Crippen LogP contribution in [-0.2, 0) is 13.0 Å². The summed E-state index contributed by atoms with van der Waals surface area (Å²) in [6.07, 6.45) is 0.967. The average molecular weight is 334 g/mol. The third-order valence-electron chi connectivity index (χ3n) is 3.55. The zero-order chi connectivity index (χ0) is 14.1. The van der Waals surface area contributed by atoms with E-state index in [0.717, 1.165) is 25.1 Å². The maximum Gasteiger partial charge on any atom is 0.196 e. The molecule has 0 amide bonds. The highest BCUT2D eigenvalue weighted by molar-refractivity contribution is 9.10. The molecule has 1 aliphatic heterocycles. The van der Waals surface area contributed by atoms with E-state index in [9.17, 15) is 9.18 Å². The lowest BCUT2D eigenvalue weighted by Gasteiger charge is -2.17. The molecular weight excluding hydrogens is 321 g/mol. The molecule has 0 unspecified atom stereocenters. The number of nitrogens with one attached hydrogen (secondary N) is 1. The fraction of sp³-hybridized carbons (Fsp3) is 0.188. The highest BCUT2D eigenvalue weighted by Gasteiger charge is 2.17. The molecule has 0 aromatic heterocycles. The van der Waals surface area contributed by atoms with Crippen LogP contribution in [0.25, 0.3) is 0 Å². The number of benzene rings is 2. The smallest absolute Gasteiger partial charge is 0.196 e. The highest BCUT2D eigenvalue weighted by atomic mass is 79.9. The van der Waals surface area contributed by atoms with Crippen molar-refractivity contribution >= 4 is 21.7 Å². The maximum absolute atomic E-state index is 14.0. The summed E-state index contributed by atoms with van der Waals surface area (Å²) in [5, 5.41) is 3.27. The Balaban J connectivity index is 2.00. The lowest BCUT2D eigenvalue weighted by atomic mass is 9.95. The van der Waals surface area contributed by atoms with Crippen molar-refractivity contribution in [1.82, 2.24) is 5.32 Å². The third kappa shape index (κ3) is 2.41. The number of hydrogen-bond donors (Lipinski definition) is 1. The second kappa shape index (κ2) is 5.46. The Morgan fingerprint density at radius 2 is 2.05 bits per heavy atom. The Kier molecular flexibility index (Phi) is 3.68. The molecule has 0 saturated heterocycles. The summed E-state index contributed by atoms with van der Waals surface area (Å²) in [5.74, 6) is -0.787. The maximum atomic E-state index is 14.0. The summed E-state index contributed by atoms with van der Waals surface area (Å²) in [6, 6.07) is 10.4. The number of carbonyl (C=O) groups is 1. The van der Waals surface area contributed by atoms with Crippen molar-refractivity contribution < 1.29 is 9.18 Å². The molecule has 2 nitrogen and oxygen atoms in total. The molecule has 1 aliphatic rings. The summed E-state index contributed by atoms with van der Waals surface area (Å²) in [4.78, 5) is 12.4. The first kappa shape index (κ1) is 13.5. The molecule has 4 heteroatoms. The van der Waals surface area contributed by atoms with Crippen LogP contribution in [0, 0.1) is 5.82 Å². The minimum atomic E-state index is -0.506. The van der Waals surface area contributed by atoms with Gasteiger partial charge >= 0.3 is 0 Å². The number of halogens is 2. The summed E-state index contributed by atoms with van der Waals surface area (Å²) in [6.45, 7) is 1.72. The van der Waals surface area contributed by atoms with E-state index in [1.807, 2.05) is 12.1 Å². The Hall–Kier alpha value is -1.52. The van der Waals surface area contributed by atoms with Crippen LogP contribution >= 0.6 is 15.9 Å². The van der Waals surface area contributed by atoms with E-state index in [1.165, 1.54) is 11.6 Å². The van der Waals surface area contributed by atoms with E-state index >= 15 is 0 Å². The SMILES string of the molecule is O=C(c1ccc2c(c1)CNCC2)c1cccc(Br)c1F. The zero-order valence-corrected chi connectivity index (χ0v) is 12.3. The molecule has 0 saturated carbocycles. The van der Waals surface area contributed by atoms with Crippen molar-refractivity contribution in [2.45, 2.75) is 13.0 Å². The number of fused-ring (bicyclic) bond motifs is 1. The van der Waals surface area contributed by atoms with E-state index in [-0.39, 0.29) is 11.3 Å². The van der Waals surface area contributed by atoms with Crippen LogP contribution in [0.1, 0.15) is 27.0 Å². The molecule has 0 fully saturated rings. The molecule has 0 aliphatic carbocycles. The first-order chi connectivity index (χ1) is 9.66. The molecule has 102 valence electrons. The van der Waals surface area contributed by atoms with Gasteiger partial charge in [-0.1, -0.05) is 18.2 Å². The Labute approximate surface area is 125 Å². The van der Waals surface area contributed by atoms with Crippen LogP contribution in [0.4, 0.5) is 4.39 Å². The second-order valence-corrected chi connectivity index (χ2v) is 5.70. The van der Waals surface area contributed by atoms with Crippen molar-refractivity contribution in [2.24, 2.45) is 0 Å². The van der Waals surface area contributed by atoms with Gasteiger partial charge in [0.1, 0.15) is 5.82 Å². The molecule has 1 N–H and O–H groups in total. The Morgan fingerprint density at radius 1 is 1.20 bits per heavy atom. The predicted octanol–water partition coefficient (Wildman–Crippen LogP) is 3.46. The molecule has 20 heavy (non-hydrogen) atoms. The minimum absolute atomic E-state index is 0.100. The fourth-order valence-corrected chi connectivity index (χ4v) is 2.82. The number of hydrogen-bond acceptors (Lipinski definition) is 2. The Morgan fingerprint density at radius 3 is 2.90 bits per heavy atom. The summed E-state index contributed by atoms with van der Waals surface area (Å²) < 4.78 is 14.3. The number of rotatable bonds is 2. The summed E-state index contributed by atoms with van der Waals surface area (Å²) in [5.41, 5.74) is 3.01. The lowest BCUT2D eigenvalue weighted by molar-refractivity contribution is 0.103. The van der Waals surface area contributed by atoms with E-state index in [2.05, 4.69) is 21.2 Å². The van der Waals surface area contributed by atoms with Gasteiger partial charge in [-0.15, -0.1) is 0 Å². The molecule has 0 bridgehead atoms. The van der Waals surface area contributed by atoms with Gasteiger partial charge in [-0.2, -0.15) is 0 Å². The zero-order valence-electron chi connectivity index (χ0n) is 10.7. The molecule has 2 aromatic rings. The van der Waals surface area contributed by atoms with Crippen molar-refractivity contribution in [2.75, 3.05) is 6.54 Å². The van der Waals surface area contributed by atoms with Gasteiger partial charge in [0.05, 0.1) is 10.0 Å². The van der Waals surface area contributed by atoms with Crippen molar-refractivity contribution in [3.63, 3.8) is 0 Å². The fourth-order valence-electron chi connectivity index (χ4n) is 2.46. The van der Waals surface area contributed by atoms with E-state index < -0.39 is 5.82 Å². The van der Waals surface area contributed by atoms with Crippen LogP contribution in [-0.4, -0.2) is 12.3 Å². The lowest BCUT2D eigenvalue weighted by Crippen LogP contribution is -2.23. The molecular formula is C16H13BrFNO. The van der Waals surface area contributed by atoms with Crippen LogP contribution in [0.15, 0.2) is 40.9 Å². The quantitative estimate of drug-likeness (QED) is 0.852. The largest absolute Gasteiger partial charge is 0.312 e. The second-order valence-electron chi connectivity index (χ2n) is 4.84. The van der Waals surface area contributed by atoms with Crippen molar-refractivity contribution in [1.29, 1.82) is 0 Å². The van der Waals surface area contributed by atoms with Gasteiger partial charge < -0.3 is 5.32 Å². The summed E-state index contributed by atoms with van der Waals surface area (Å²) >= 11 is 3.11. The molecule has 0 spiro atoms. The topological polar surface area (TPSA) is 29.1 Å². The molecule has 1 heterocycles. The average Bonchev–Trinajstić information content (AvgIpc) is 2.49. The molecule has 0 radical (unpaired) electrons. The summed E-state index contributed by atoms with van der Waals surface area (Å²) in [7, 11) is 0. The number of carbonyl (C=O) groups excluding carboxylic acids is 1. The highest BCUT2D eigenvalue weighted by Crippen LogP contribution is 2.23. The van der Waals surface area contributed by atoms with E-state index in [4.69, 9.17) is 0 Å². The molecule has 2 aromatic carbocycles.